The molecule has 0 amide bonds. The van der Waals surface area contributed by atoms with Crippen molar-refractivity contribution in [2.45, 2.75) is 30.8 Å². The number of hydrogen-bond acceptors (Lipinski definition) is 4. The van der Waals surface area contributed by atoms with Crippen molar-refractivity contribution in [2.24, 2.45) is 0 Å². The van der Waals surface area contributed by atoms with Gasteiger partial charge in [-0.15, -0.1) is 21.5 Å². The average molecular weight is 400 g/mol. The van der Waals surface area contributed by atoms with Gasteiger partial charge in [-0.25, -0.2) is 0 Å². The first-order chi connectivity index (χ1) is 12.8. The Kier molecular flexibility index (Phi) is 5.29. The fourth-order valence-electron chi connectivity index (χ4n) is 2.93. The zero-order valence-electron chi connectivity index (χ0n) is 14.4. The second kappa shape index (κ2) is 7.82. The Morgan fingerprint density at radius 1 is 1.08 bits per heavy atom. The summed E-state index contributed by atoms with van der Waals surface area (Å²) in [5.74, 6) is 1.73. The molecule has 3 nitrogen and oxygen atoms in total. The van der Waals surface area contributed by atoms with Crippen LogP contribution in [-0.4, -0.2) is 14.8 Å². The first kappa shape index (κ1) is 17.6. The number of hydrogen-bond donors (Lipinski definition) is 0. The lowest BCUT2D eigenvalue weighted by Gasteiger charge is -2.09. The van der Waals surface area contributed by atoms with Crippen molar-refractivity contribution in [3.8, 4) is 11.4 Å². The van der Waals surface area contributed by atoms with Crippen LogP contribution < -0.4 is 0 Å². The molecule has 0 aliphatic carbocycles. The van der Waals surface area contributed by atoms with Crippen LogP contribution in [0.3, 0.4) is 0 Å². The second-order valence-corrected chi connectivity index (χ2v) is 8.24. The highest BCUT2D eigenvalue weighted by Crippen LogP contribution is 2.35. The number of benzene rings is 2. The smallest absolute Gasteiger partial charge is 0.191 e. The Labute approximate surface area is 166 Å². The fraction of sp³-hybridized carbons (Fsp3) is 0.200. The normalized spacial score (nSPS) is 11.3. The highest BCUT2D eigenvalue weighted by atomic mass is 35.5. The molecule has 132 valence electrons. The van der Waals surface area contributed by atoms with Crippen LogP contribution >= 0.6 is 34.7 Å². The van der Waals surface area contributed by atoms with Crippen molar-refractivity contribution in [1.82, 2.24) is 14.8 Å². The van der Waals surface area contributed by atoms with Crippen LogP contribution in [0.25, 0.3) is 21.5 Å². The van der Waals surface area contributed by atoms with Gasteiger partial charge in [0.05, 0.1) is 0 Å². The van der Waals surface area contributed by atoms with E-state index in [0.29, 0.717) is 0 Å². The maximum atomic E-state index is 6.29. The van der Waals surface area contributed by atoms with Crippen LogP contribution in [-0.2, 0) is 12.3 Å². The van der Waals surface area contributed by atoms with Crippen LogP contribution in [0.5, 0.6) is 0 Å². The van der Waals surface area contributed by atoms with Crippen LogP contribution in [0.4, 0.5) is 0 Å². The number of thiophene rings is 1. The second-order valence-electron chi connectivity index (χ2n) is 5.98. The molecular formula is C20H18ClN3S2. The lowest BCUT2D eigenvalue weighted by atomic mass is 10.1. The van der Waals surface area contributed by atoms with Crippen molar-refractivity contribution in [3.05, 3.63) is 64.5 Å². The summed E-state index contributed by atoms with van der Waals surface area (Å²) < 4.78 is 3.51. The lowest BCUT2D eigenvalue weighted by molar-refractivity contribution is 0.626. The largest absolute Gasteiger partial charge is 0.302 e. The van der Waals surface area contributed by atoms with Gasteiger partial charge in [-0.3, -0.25) is 0 Å². The van der Waals surface area contributed by atoms with Gasteiger partial charge in [0.25, 0.3) is 0 Å². The molecule has 0 fully saturated rings. The van der Waals surface area contributed by atoms with E-state index < -0.39 is 0 Å². The van der Waals surface area contributed by atoms with E-state index in [0.717, 1.165) is 45.8 Å². The molecule has 2 heterocycles. The number of fused-ring (bicyclic) bond motifs is 1. The Bertz CT molecular complexity index is 1040. The predicted octanol–water partition coefficient (Wildman–Crippen LogP) is 6.52. The minimum absolute atomic E-state index is 0.784. The monoisotopic (exact) mass is 399 g/mol. The maximum Gasteiger partial charge on any atom is 0.191 e. The molecule has 0 aliphatic rings. The molecule has 0 saturated heterocycles. The van der Waals surface area contributed by atoms with Crippen LogP contribution in [0, 0.1) is 0 Å². The molecule has 0 unspecified atom stereocenters. The average Bonchev–Trinajstić information content (AvgIpc) is 3.25. The molecule has 2 aromatic carbocycles. The van der Waals surface area contributed by atoms with E-state index in [4.69, 9.17) is 11.6 Å². The molecule has 0 aliphatic heterocycles. The molecule has 0 atom stereocenters. The van der Waals surface area contributed by atoms with Crippen LogP contribution in [0.2, 0.25) is 5.02 Å². The van der Waals surface area contributed by atoms with Gasteiger partial charge in [-0.05, 0) is 24.1 Å². The van der Waals surface area contributed by atoms with Crippen molar-refractivity contribution < 1.29 is 0 Å². The van der Waals surface area contributed by atoms with Crippen LogP contribution in [0.1, 0.15) is 18.9 Å². The number of halogens is 1. The number of rotatable bonds is 6. The number of nitrogens with zero attached hydrogens (tertiary/aromatic N) is 3. The van der Waals surface area contributed by atoms with E-state index in [9.17, 15) is 0 Å². The summed E-state index contributed by atoms with van der Waals surface area (Å²) in [7, 11) is 0. The highest BCUT2D eigenvalue weighted by Gasteiger charge is 2.17. The van der Waals surface area contributed by atoms with Gasteiger partial charge in [0.1, 0.15) is 0 Å². The Morgan fingerprint density at radius 2 is 1.88 bits per heavy atom. The zero-order chi connectivity index (χ0) is 17.9. The van der Waals surface area contributed by atoms with Gasteiger partial charge in [0.2, 0.25) is 0 Å². The Hall–Kier alpha value is -1.82. The van der Waals surface area contributed by atoms with Crippen molar-refractivity contribution >= 4 is 44.8 Å². The molecule has 2 aromatic heterocycles. The van der Waals surface area contributed by atoms with Gasteiger partial charge >= 0.3 is 0 Å². The van der Waals surface area contributed by atoms with Crippen molar-refractivity contribution in [1.29, 1.82) is 0 Å². The third kappa shape index (κ3) is 3.39. The Balaban J connectivity index is 1.68. The first-order valence-electron chi connectivity index (χ1n) is 8.54. The van der Waals surface area contributed by atoms with E-state index in [-0.39, 0.29) is 0 Å². The fourth-order valence-corrected chi connectivity index (χ4v) is 5.12. The van der Waals surface area contributed by atoms with Gasteiger partial charge in [-0.2, -0.15) is 0 Å². The summed E-state index contributed by atoms with van der Waals surface area (Å²) in [6.45, 7) is 3.08. The summed E-state index contributed by atoms with van der Waals surface area (Å²) in [4.78, 5) is 0. The summed E-state index contributed by atoms with van der Waals surface area (Å²) >= 11 is 9.73. The van der Waals surface area contributed by atoms with E-state index in [2.05, 4.69) is 57.4 Å². The number of aromatic nitrogens is 3. The standard InChI is InChI=1S/C20H18ClN3S2/c1-2-11-24-19(16-13-25-18-10-6-4-8-15(16)18)22-23-20(24)26-12-14-7-3-5-9-17(14)21/h3-10,13H,2,11-12H2,1H3. The van der Waals surface area contributed by atoms with Gasteiger partial charge in [0, 0.05) is 38.3 Å². The minimum Gasteiger partial charge on any atom is -0.302 e. The lowest BCUT2D eigenvalue weighted by Crippen LogP contribution is -2.01. The summed E-state index contributed by atoms with van der Waals surface area (Å²) in [5, 5.41) is 14.2. The Morgan fingerprint density at radius 3 is 2.73 bits per heavy atom. The van der Waals surface area contributed by atoms with E-state index in [1.165, 1.54) is 10.1 Å². The van der Waals surface area contributed by atoms with E-state index in [1.807, 2.05) is 18.2 Å². The van der Waals surface area contributed by atoms with Crippen molar-refractivity contribution in [3.63, 3.8) is 0 Å². The molecule has 0 N–H and O–H groups in total. The third-order valence-electron chi connectivity index (χ3n) is 4.20. The summed E-state index contributed by atoms with van der Waals surface area (Å²) in [6.07, 6.45) is 1.03. The molecule has 0 radical (unpaired) electrons. The first-order valence-corrected chi connectivity index (χ1v) is 10.8. The van der Waals surface area contributed by atoms with E-state index >= 15 is 0 Å². The molecule has 4 aromatic rings. The number of thioether (sulfide) groups is 1. The SMILES string of the molecule is CCCn1c(SCc2ccccc2Cl)nnc1-c1csc2ccccc12. The summed E-state index contributed by atoms with van der Waals surface area (Å²) in [6, 6.07) is 16.4. The molecule has 0 spiro atoms. The van der Waals surface area contributed by atoms with Gasteiger partial charge < -0.3 is 4.57 Å². The van der Waals surface area contributed by atoms with Gasteiger partial charge in [-0.1, -0.05) is 66.7 Å². The molecular weight excluding hydrogens is 382 g/mol. The molecule has 26 heavy (non-hydrogen) atoms. The van der Waals surface area contributed by atoms with Crippen LogP contribution in [0.15, 0.2) is 59.1 Å². The van der Waals surface area contributed by atoms with Gasteiger partial charge in [0.15, 0.2) is 11.0 Å². The zero-order valence-corrected chi connectivity index (χ0v) is 16.7. The molecule has 6 heteroatoms. The van der Waals surface area contributed by atoms with Crippen molar-refractivity contribution in [2.75, 3.05) is 0 Å². The third-order valence-corrected chi connectivity index (χ3v) is 6.55. The molecule has 0 saturated carbocycles. The molecule has 0 bridgehead atoms. The maximum absolute atomic E-state index is 6.29. The topological polar surface area (TPSA) is 30.7 Å². The summed E-state index contributed by atoms with van der Waals surface area (Å²) in [5.41, 5.74) is 2.28. The predicted molar refractivity (Wildman–Crippen MR) is 112 cm³/mol. The quantitative estimate of drug-likeness (QED) is 0.346. The minimum atomic E-state index is 0.784. The highest BCUT2D eigenvalue weighted by molar-refractivity contribution is 7.98. The van der Waals surface area contributed by atoms with E-state index in [1.54, 1.807) is 23.1 Å². The molecule has 4 rings (SSSR count).